The summed E-state index contributed by atoms with van der Waals surface area (Å²) in [5.74, 6) is 9.55. The van der Waals surface area contributed by atoms with E-state index >= 15 is 0 Å². The molecular formula is C100H156Cl4N12O9S4V+4. The number of benzene rings is 4. The number of aromatic nitrogens is 4. The van der Waals surface area contributed by atoms with Gasteiger partial charge in [-0.3, -0.25) is 0 Å². The maximum atomic E-state index is 8.40. The van der Waals surface area contributed by atoms with E-state index in [1.165, 1.54) is 0 Å². The first-order valence-electron chi connectivity index (χ1n) is 48.4. The van der Waals surface area contributed by atoms with E-state index in [4.69, 9.17) is 119 Å². The van der Waals surface area contributed by atoms with Gasteiger partial charge in [0.25, 0.3) is 11.5 Å². The van der Waals surface area contributed by atoms with Crippen LogP contribution in [0.1, 0.15) is 229 Å². The molecule has 6 aromatic rings. The SMILES string of the molecule is CC[N+](C)(CC)CCSc1c(Cl)c(OCCC(C)C)c2c(c1OCCC(C)C)C1=Nc3c4c(OCCC(C)C)c(Cl)c(SCC[N+](C)(CC)CC)c(OCCC(C)C)c4c4nc5c6c(OCCC(C)C)c(Cl)c(SCC[N+](C)(CC)CC)c(OCCC(C)C)c6c([n+]-5on34)N=c3[n-]c(c4c(OCCC(C)C)c(SCC[N+](C)(CC)CC)c(Cl)c(OCCC(C)C)c34)=NC2=N1.[V]. The molecule has 0 aliphatic carbocycles. The van der Waals surface area contributed by atoms with Crippen molar-refractivity contribution < 1.29 is 83.8 Å². The van der Waals surface area contributed by atoms with Crippen molar-refractivity contribution in [3.63, 3.8) is 0 Å². The van der Waals surface area contributed by atoms with Crippen molar-refractivity contribution in [2.24, 2.45) is 67.3 Å². The Morgan fingerprint density at radius 3 is 0.977 bits per heavy atom. The Kier molecular flexibility index (Phi) is 41.2. The van der Waals surface area contributed by atoms with Crippen molar-refractivity contribution in [2.75, 3.05) is 183 Å². The van der Waals surface area contributed by atoms with Crippen molar-refractivity contribution in [1.82, 2.24) is 14.5 Å². The van der Waals surface area contributed by atoms with Crippen molar-refractivity contribution in [2.45, 2.75) is 237 Å². The normalized spacial score (nSPS) is 13.4. The Morgan fingerprint density at radius 2 is 0.615 bits per heavy atom. The minimum Gasteiger partial charge on any atom is -0.492 e. The van der Waals surface area contributed by atoms with E-state index in [0.717, 1.165) is 109 Å². The Balaban J connectivity index is 0.0000190. The molecule has 4 aliphatic rings. The zero-order valence-electron chi connectivity index (χ0n) is 83.9. The van der Waals surface area contributed by atoms with Crippen LogP contribution >= 0.6 is 93.5 Å². The van der Waals surface area contributed by atoms with Crippen LogP contribution in [0, 0.1) is 47.3 Å². The molecule has 1 radical (unpaired) electrons. The predicted molar refractivity (Wildman–Crippen MR) is 545 cm³/mol. The topological polar surface area (TPSA) is 172 Å². The first-order valence-corrected chi connectivity index (χ1v) is 53.8. The summed E-state index contributed by atoms with van der Waals surface area (Å²) in [5.41, 5.74) is 1.70. The van der Waals surface area contributed by atoms with Crippen LogP contribution in [0.25, 0.3) is 43.8 Å². The maximum absolute atomic E-state index is 8.40. The smallest absolute Gasteiger partial charge is 0.286 e. The third kappa shape index (κ3) is 25.9. The molecule has 6 heterocycles. The molecule has 723 valence electrons. The fraction of sp³-hybridized carbons (Fsp3) is 0.680. The fourth-order valence-corrected chi connectivity index (χ4v) is 21.7. The first kappa shape index (κ1) is 109. The predicted octanol–water partition coefficient (Wildman–Crippen LogP) is 24.8. The van der Waals surface area contributed by atoms with E-state index in [-0.39, 0.29) is 100 Å². The Labute approximate surface area is 827 Å². The Morgan fingerprint density at radius 1 is 0.338 bits per heavy atom. The number of amidine groups is 2. The number of hydrogen-bond acceptors (Lipinski definition) is 18. The number of ether oxygens (including phenoxy) is 8. The van der Waals surface area contributed by atoms with Crippen molar-refractivity contribution >= 4 is 155 Å². The summed E-state index contributed by atoms with van der Waals surface area (Å²) >= 11 is 40.1. The first-order chi connectivity index (χ1) is 61.3. The van der Waals surface area contributed by atoms with Gasteiger partial charge in [-0.25, -0.2) is 4.99 Å². The molecule has 2 aromatic heterocycles. The molecular weight excluding hydrogens is 1830 g/mol. The number of quaternary nitrogens is 4. The molecule has 4 aromatic carbocycles. The van der Waals surface area contributed by atoms with E-state index in [1.54, 1.807) is 56.4 Å². The number of hydrogen-bond donors (Lipinski definition) is 0. The van der Waals surface area contributed by atoms with E-state index in [1.807, 2.05) is 0 Å². The van der Waals surface area contributed by atoms with Crippen molar-refractivity contribution in [1.29, 1.82) is 0 Å². The monoisotopic (exact) mass is 1990 g/mol. The number of rotatable bonds is 56. The summed E-state index contributed by atoms with van der Waals surface area (Å²) in [5, 5.41) is 4.53. The second-order valence-electron chi connectivity index (χ2n) is 39.7. The molecule has 0 amide bonds. The summed E-state index contributed by atoms with van der Waals surface area (Å²) in [6, 6.07) is 0. The molecule has 4 aliphatic heterocycles. The maximum Gasteiger partial charge on any atom is 0.286 e. The van der Waals surface area contributed by atoms with Gasteiger partial charge < -0.3 is 70.8 Å². The fourth-order valence-electron chi connectivity index (χ4n) is 15.1. The zero-order chi connectivity index (χ0) is 94.3. The number of fused-ring (bicyclic) bond motifs is 15. The molecule has 21 nitrogen and oxygen atoms in total. The third-order valence-electron chi connectivity index (χ3n) is 26.4. The number of thioether (sulfide) groups is 4. The molecule has 0 fully saturated rings. The summed E-state index contributed by atoms with van der Waals surface area (Å²) in [7, 11) is 9.25. The largest absolute Gasteiger partial charge is 0.492 e. The minimum absolute atomic E-state index is 0. The summed E-state index contributed by atoms with van der Waals surface area (Å²) < 4.78 is 74.6. The second kappa shape index (κ2) is 49.1. The van der Waals surface area contributed by atoms with Crippen LogP contribution in [0.3, 0.4) is 0 Å². The van der Waals surface area contributed by atoms with Gasteiger partial charge >= 0.3 is 0 Å². The summed E-state index contributed by atoms with van der Waals surface area (Å²) in [6.45, 7) is 66.8. The van der Waals surface area contributed by atoms with Gasteiger partial charge in [0.15, 0.2) is 23.2 Å². The number of aliphatic imine (C=N–C) groups is 2. The van der Waals surface area contributed by atoms with Gasteiger partial charge in [-0.1, -0.05) is 167 Å². The van der Waals surface area contributed by atoms with E-state index in [2.05, 4.69) is 194 Å². The Bertz CT molecular complexity index is 5290. The molecule has 0 unspecified atom stereocenters. The van der Waals surface area contributed by atoms with Crippen LogP contribution in [0.15, 0.2) is 44.2 Å². The average molecular weight is 1990 g/mol. The minimum atomic E-state index is 0. The van der Waals surface area contributed by atoms with Gasteiger partial charge in [0.2, 0.25) is 5.82 Å². The second-order valence-corrected chi connectivity index (χ2v) is 45.6. The summed E-state index contributed by atoms with van der Waals surface area (Å²) in [4.78, 5) is 39.1. The van der Waals surface area contributed by atoms with Gasteiger partial charge in [0.05, 0.1) is 207 Å². The Hall–Kier alpha value is -4.58. The van der Waals surface area contributed by atoms with E-state index in [0.29, 0.717) is 255 Å². The van der Waals surface area contributed by atoms with Gasteiger partial charge in [0, 0.05) is 63.3 Å². The molecule has 0 saturated carbocycles. The molecule has 6 bridgehead atoms. The zero-order valence-corrected chi connectivity index (χ0v) is 91.6. The average Bonchev–Trinajstić information content (AvgIpc) is 1.53. The van der Waals surface area contributed by atoms with Crippen LogP contribution in [0.2, 0.25) is 20.1 Å². The third-order valence-corrected chi connectivity index (χ3v) is 32.5. The van der Waals surface area contributed by atoms with Crippen LogP contribution < -0.4 is 58.6 Å². The summed E-state index contributed by atoms with van der Waals surface area (Å²) in [6.07, 6.45) is 5.68. The van der Waals surface area contributed by atoms with Crippen LogP contribution in [-0.4, -0.2) is 222 Å². The molecule has 0 saturated heterocycles. The van der Waals surface area contributed by atoms with Gasteiger partial charge in [-0.15, -0.1) is 47.0 Å². The van der Waals surface area contributed by atoms with E-state index < -0.39 is 0 Å². The molecule has 0 spiro atoms. The number of nitrogens with zero attached hydrogens (tertiary/aromatic N) is 12. The van der Waals surface area contributed by atoms with E-state index in [9.17, 15) is 0 Å². The molecule has 0 atom stereocenters. The quantitative estimate of drug-likeness (QED) is 0.0200. The molecule has 30 heteroatoms. The van der Waals surface area contributed by atoms with Crippen LogP contribution in [-0.2, 0) is 18.6 Å². The van der Waals surface area contributed by atoms with Crippen LogP contribution in [0.5, 0.6) is 46.0 Å². The molecule has 130 heavy (non-hydrogen) atoms. The van der Waals surface area contributed by atoms with Gasteiger partial charge in [0.1, 0.15) is 65.4 Å². The van der Waals surface area contributed by atoms with Crippen molar-refractivity contribution in [3.8, 4) is 51.8 Å². The standard InChI is InChI=1S/C100H156Cl4N12O9S4.V/c1-29-113(25,30-2)45-57-126-89-78(102)82(118-50-38-62(11)12)70-71(85(89)121-53-41-65(17)18)94-105-93-69-72(86(122-54-42-66(19)20)90(127-58-46-114(26,31-3)32-4)77(101)81(69)117-49-37-61(9)10)96(106-93)109-97-73-76(88(124-56-44-68(23)24)92(129-60-48-116(28,35-7)36-8)79(103)83(73)119-51-39-63(13)14)100-110-99-74-75(98(108-95(70)107-94)112(99)125-111(97)100)87(123-55-43-67(21)22)91(128-59-47-115(27,33-5)34-6)80(104)84(74)120-52-40-64(15)16;/h61-68H,29-60H2,1-28H3;/q+4;. The van der Waals surface area contributed by atoms with Gasteiger partial charge in [-0.2, -0.15) is 9.62 Å². The van der Waals surface area contributed by atoms with Crippen LogP contribution in [0.4, 0.5) is 11.6 Å². The van der Waals surface area contributed by atoms with Gasteiger partial charge in [-0.05, 0) is 159 Å². The molecule has 10 rings (SSSR count). The number of halogens is 4. The van der Waals surface area contributed by atoms with Crippen molar-refractivity contribution in [3.05, 3.63) is 42.2 Å². The molecule has 0 N–H and O–H groups in total.